The molecule has 0 saturated heterocycles. The minimum atomic E-state index is -3.56. The Bertz CT molecular complexity index is 778. The largest absolute Gasteiger partial charge is 0.309 e. The van der Waals surface area contributed by atoms with Gasteiger partial charge >= 0.3 is 0 Å². The monoisotopic (exact) mass is 302 g/mol. The Morgan fingerprint density at radius 2 is 1.67 bits per heavy atom. The normalized spacial score (nSPS) is 14.0. The van der Waals surface area contributed by atoms with Crippen molar-refractivity contribution >= 4 is 15.7 Å². The standard InChI is InChI=1S/C16H18N2O2S/c1-11-4-3-5-12(2)16(11)18-21(19,20)15-7-6-13-9-17-10-14(13)8-15/h3-8,17-18H,9-10H2,1-2H3. The average Bonchev–Trinajstić information content (AvgIpc) is 2.90. The Kier molecular flexibility index (Phi) is 3.47. The van der Waals surface area contributed by atoms with Gasteiger partial charge in [0.1, 0.15) is 0 Å². The van der Waals surface area contributed by atoms with Gasteiger partial charge in [0.25, 0.3) is 10.0 Å². The van der Waals surface area contributed by atoms with Crippen LogP contribution in [-0.4, -0.2) is 8.42 Å². The molecule has 2 aromatic carbocycles. The number of para-hydroxylation sites is 1. The zero-order chi connectivity index (χ0) is 15.0. The summed E-state index contributed by atoms with van der Waals surface area (Å²) in [6.07, 6.45) is 0. The molecule has 1 heterocycles. The summed E-state index contributed by atoms with van der Waals surface area (Å²) in [5, 5.41) is 3.22. The number of fused-ring (bicyclic) bond motifs is 1. The van der Waals surface area contributed by atoms with Crippen LogP contribution in [0, 0.1) is 13.8 Å². The van der Waals surface area contributed by atoms with Gasteiger partial charge in [-0.3, -0.25) is 4.72 Å². The van der Waals surface area contributed by atoms with Gasteiger partial charge in [-0.25, -0.2) is 8.42 Å². The quantitative estimate of drug-likeness (QED) is 0.916. The Labute approximate surface area is 125 Å². The number of hydrogen-bond donors (Lipinski definition) is 2. The van der Waals surface area contributed by atoms with Crippen molar-refractivity contribution in [3.63, 3.8) is 0 Å². The summed E-state index contributed by atoms with van der Waals surface area (Å²) >= 11 is 0. The fourth-order valence-electron chi connectivity index (χ4n) is 2.61. The molecule has 2 aromatic rings. The van der Waals surface area contributed by atoms with Gasteiger partial charge in [-0.2, -0.15) is 0 Å². The van der Waals surface area contributed by atoms with Crippen LogP contribution in [0.4, 0.5) is 5.69 Å². The van der Waals surface area contributed by atoms with Crippen molar-refractivity contribution in [3.05, 3.63) is 58.7 Å². The molecule has 0 radical (unpaired) electrons. The number of sulfonamides is 1. The number of hydrogen-bond acceptors (Lipinski definition) is 3. The molecule has 0 saturated carbocycles. The Morgan fingerprint density at radius 3 is 2.38 bits per heavy atom. The molecular weight excluding hydrogens is 284 g/mol. The van der Waals surface area contributed by atoms with Crippen LogP contribution in [0.3, 0.4) is 0 Å². The molecule has 1 aliphatic rings. The lowest BCUT2D eigenvalue weighted by Gasteiger charge is -2.13. The number of anilines is 1. The van der Waals surface area contributed by atoms with Gasteiger partial charge in [-0.1, -0.05) is 24.3 Å². The minimum Gasteiger partial charge on any atom is -0.309 e. The summed E-state index contributed by atoms with van der Waals surface area (Å²) in [4.78, 5) is 0.313. The van der Waals surface area contributed by atoms with Gasteiger partial charge in [0, 0.05) is 13.1 Å². The van der Waals surface area contributed by atoms with Crippen LogP contribution < -0.4 is 10.0 Å². The van der Waals surface area contributed by atoms with Crippen molar-refractivity contribution in [1.29, 1.82) is 0 Å². The molecule has 5 heteroatoms. The van der Waals surface area contributed by atoms with Crippen molar-refractivity contribution in [1.82, 2.24) is 5.32 Å². The van der Waals surface area contributed by atoms with Crippen molar-refractivity contribution in [2.45, 2.75) is 31.8 Å². The predicted octanol–water partition coefficient (Wildman–Crippen LogP) is 2.71. The summed E-state index contributed by atoms with van der Waals surface area (Å²) in [6, 6.07) is 11.0. The number of benzene rings is 2. The molecule has 0 aromatic heterocycles. The third-order valence-corrected chi connectivity index (χ3v) is 5.18. The molecule has 2 N–H and O–H groups in total. The van der Waals surface area contributed by atoms with Crippen LogP contribution in [0.1, 0.15) is 22.3 Å². The van der Waals surface area contributed by atoms with E-state index < -0.39 is 10.0 Å². The molecule has 3 rings (SSSR count). The molecule has 0 spiro atoms. The molecular formula is C16H18N2O2S. The van der Waals surface area contributed by atoms with E-state index in [0.29, 0.717) is 10.6 Å². The van der Waals surface area contributed by atoms with Gasteiger partial charge in [0.2, 0.25) is 0 Å². The van der Waals surface area contributed by atoms with E-state index in [9.17, 15) is 8.42 Å². The smallest absolute Gasteiger partial charge is 0.261 e. The highest BCUT2D eigenvalue weighted by Gasteiger charge is 2.19. The lowest BCUT2D eigenvalue weighted by molar-refractivity contribution is 0.601. The molecule has 0 amide bonds. The maximum atomic E-state index is 12.6. The van der Waals surface area contributed by atoms with Crippen LogP contribution >= 0.6 is 0 Å². The zero-order valence-electron chi connectivity index (χ0n) is 12.1. The number of nitrogens with one attached hydrogen (secondary N) is 2. The highest BCUT2D eigenvalue weighted by atomic mass is 32.2. The fourth-order valence-corrected chi connectivity index (χ4v) is 3.86. The third kappa shape index (κ3) is 2.66. The topological polar surface area (TPSA) is 58.2 Å². The maximum Gasteiger partial charge on any atom is 0.261 e. The molecule has 4 nitrogen and oxygen atoms in total. The molecule has 0 fully saturated rings. The summed E-state index contributed by atoms with van der Waals surface area (Å²) in [5.41, 5.74) is 4.72. The fraction of sp³-hybridized carbons (Fsp3) is 0.250. The number of aryl methyl sites for hydroxylation is 2. The van der Waals surface area contributed by atoms with Gasteiger partial charge in [-0.15, -0.1) is 0 Å². The van der Waals surface area contributed by atoms with Crippen LogP contribution in [-0.2, 0) is 23.1 Å². The third-order valence-electron chi connectivity index (χ3n) is 3.84. The van der Waals surface area contributed by atoms with Gasteiger partial charge < -0.3 is 5.32 Å². The molecule has 0 unspecified atom stereocenters. The van der Waals surface area contributed by atoms with E-state index in [1.54, 1.807) is 12.1 Å². The van der Waals surface area contributed by atoms with Gasteiger partial charge in [0.05, 0.1) is 10.6 Å². The second kappa shape index (κ2) is 5.16. The molecule has 110 valence electrons. The molecule has 0 aliphatic carbocycles. The second-order valence-corrected chi connectivity index (χ2v) is 7.09. The lowest BCUT2D eigenvalue weighted by atomic mass is 10.1. The van der Waals surface area contributed by atoms with Crippen molar-refractivity contribution < 1.29 is 8.42 Å². The van der Waals surface area contributed by atoms with E-state index in [1.165, 1.54) is 5.56 Å². The Hall–Kier alpha value is -1.85. The van der Waals surface area contributed by atoms with E-state index in [2.05, 4.69) is 10.0 Å². The van der Waals surface area contributed by atoms with Gasteiger partial charge in [0.15, 0.2) is 0 Å². The van der Waals surface area contributed by atoms with E-state index in [1.807, 2.05) is 38.1 Å². The summed E-state index contributed by atoms with van der Waals surface area (Å²) in [7, 11) is -3.56. The van der Waals surface area contributed by atoms with E-state index in [4.69, 9.17) is 0 Å². The first-order valence-electron chi connectivity index (χ1n) is 6.89. The van der Waals surface area contributed by atoms with Crippen molar-refractivity contribution in [2.24, 2.45) is 0 Å². The van der Waals surface area contributed by atoms with Crippen LogP contribution in [0.2, 0.25) is 0 Å². The van der Waals surface area contributed by atoms with Crippen LogP contribution in [0.15, 0.2) is 41.3 Å². The summed E-state index contributed by atoms with van der Waals surface area (Å²) in [6.45, 7) is 5.33. The van der Waals surface area contributed by atoms with E-state index in [-0.39, 0.29) is 0 Å². The molecule has 21 heavy (non-hydrogen) atoms. The van der Waals surface area contributed by atoms with Crippen molar-refractivity contribution in [2.75, 3.05) is 4.72 Å². The van der Waals surface area contributed by atoms with Crippen molar-refractivity contribution in [3.8, 4) is 0 Å². The summed E-state index contributed by atoms with van der Waals surface area (Å²) < 4.78 is 27.9. The number of rotatable bonds is 3. The lowest BCUT2D eigenvalue weighted by Crippen LogP contribution is -2.15. The van der Waals surface area contributed by atoms with Crippen LogP contribution in [0.25, 0.3) is 0 Å². The predicted molar refractivity (Wildman–Crippen MR) is 83.7 cm³/mol. The highest BCUT2D eigenvalue weighted by Crippen LogP contribution is 2.25. The highest BCUT2D eigenvalue weighted by molar-refractivity contribution is 7.92. The molecule has 1 aliphatic heterocycles. The van der Waals surface area contributed by atoms with Crippen LogP contribution in [0.5, 0.6) is 0 Å². The Balaban J connectivity index is 1.98. The first-order valence-corrected chi connectivity index (χ1v) is 8.37. The van der Waals surface area contributed by atoms with E-state index >= 15 is 0 Å². The first-order chi connectivity index (χ1) is 9.97. The van der Waals surface area contributed by atoms with E-state index in [0.717, 1.165) is 29.8 Å². The summed E-state index contributed by atoms with van der Waals surface area (Å²) in [5.74, 6) is 0. The van der Waals surface area contributed by atoms with Gasteiger partial charge in [-0.05, 0) is 48.2 Å². The maximum absolute atomic E-state index is 12.6. The first kappa shape index (κ1) is 14.1. The zero-order valence-corrected chi connectivity index (χ0v) is 12.9. The minimum absolute atomic E-state index is 0.313. The second-order valence-electron chi connectivity index (χ2n) is 5.41. The SMILES string of the molecule is Cc1cccc(C)c1NS(=O)(=O)c1ccc2c(c1)CNC2. The molecule has 0 bridgehead atoms. The average molecular weight is 302 g/mol. The Morgan fingerprint density at radius 1 is 1.00 bits per heavy atom. The molecule has 0 atom stereocenters.